The summed E-state index contributed by atoms with van der Waals surface area (Å²) in [5.41, 5.74) is 6.12. The van der Waals surface area contributed by atoms with Crippen LogP contribution in [0.15, 0.2) is 46.3 Å². The number of hydrogen-bond acceptors (Lipinski definition) is 2. The Morgan fingerprint density at radius 3 is 2.61 bits per heavy atom. The molecule has 1 rings (SSSR count). The summed E-state index contributed by atoms with van der Waals surface area (Å²) in [5, 5.41) is 0. The summed E-state index contributed by atoms with van der Waals surface area (Å²) in [7, 11) is 0. The maximum Gasteiger partial charge on any atom is 0.0176 e. The van der Waals surface area contributed by atoms with E-state index in [1.54, 1.807) is 0 Å². The SMILES string of the molecule is C=CCCCCCC(N)CSc1ccc(Br)cc1. The lowest BCUT2D eigenvalue weighted by Crippen LogP contribution is -2.22. The van der Waals surface area contributed by atoms with E-state index in [1.807, 2.05) is 17.8 Å². The van der Waals surface area contributed by atoms with Crippen molar-refractivity contribution in [1.82, 2.24) is 0 Å². The smallest absolute Gasteiger partial charge is 0.0176 e. The van der Waals surface area contributed by atoms with Crippen LogP contribution in [0.1, 0.15) is 32.1 Å². The molecule has 2 N–H and O–H groups in total. The van der Waals surface area contributed by atoms with Crippen LogP contribution in [0.3, 0.4) is 0 Å². The van der Waals surface area contributed by atoms with Gasteiger partial charge in [0.15, 0.2) is 0 Å². The normalized spacial score (nSPS) is 12.3. The van der Waals surface area contributed by atoms with Crippen molar-refractivity contribution in [3.05, 3.63) is 41.4 Å². The average molecular weight is 328 g/mol. The average Bonchev–Trinajstić information content (AvgIpc) is 2.38. The molecule has 1 nitrogen and oxygen atoms in total. The molecule has 0 bridgehead atoms. The van der Waals surface area contributed by atoms with Gasteiger partial charge in [0.2, 0.25) is 0 Å². The molecule has 0 aliphatic carbocycles. The van der Waals surface area contributed by atoms with E-state index in [1.165, 1.54) is 24.2 Å². The second-order valence-corrected chi connectivity index (χ2v) is 6.46. The summed E-state index contributed by atoms with van der Waals surface area (Å²) in [4.78, 5) is 1.29. The minimum atomic E-state index is 0.308. The molecule has 1 unspecified atom stereocenters. The van der Waals surface area contributed by atoms with Crippen molar-refractivity contribution in [2.75, 3.05) is 5.75 Å². The zero-order chi connectivity index (χ0) is 13.2. The molecule has 1 atom stereocenters. The summed E-state index contributed by atoms with van der Waals surface area (Å²) in [6, 6.07) is 8.71. The van der Waals surface area contributed by atoms with Gasteiger partial charge in [0.25, 0.3) is 0 Å². The highest BCUT2D eigenvalue weighted by Crippen LogP contribution is 2.21. The third-order valence-electron chi connectivity index (χ3n) is 2.76. The number of unbranched alkanes of at least 4 members (excludes halogenated alkanes) is 3. The van der Waals surface area contributed by atoms with E-state index in [-0.39, 0.29) is 0 Å². The van der Waals surface area contributed by atoms with Crippen LogP contribution in [-0.2, 0) is 0 Å². The highest BCUT2D eigenvalue weighted by atomic mass is 79.9. The van der Waals surface area contributed by atoms with E-state index in [9.17, 15) is 0 Å². The van der Waals surface area contributed by atoms with Gasteiger partial charge >= 0.3 is 0 Å². The van der Waals surface area contributed by atoms with Crippen LogP contribution in [0, 0.1) is 0 Å². The molecule has 0 radical (unpaired) electrons. The molecular weight excluding hydrogens is 306 g/mol. The zero-order valence-electron chi connectivity index (χ0n) is 10.8. The second kappa shape index (κ2) is 9.65. The number of thioether (sulfide) groups is 1. The van der Waals surface area contributed by atoms with Gasteiger partial charge in [0.1, 0.15) is 0 Å². The topological polar surface area (TPSA) is 26.0 Å². The maximum atomic E-state index is 6.12. The quantitative estimate of drug-likeness (QED) is 0.392. The van der Waals surface area contributed by atoms with E-state index < -0.39 is 0 Å². The molecule has 0 amide bonds. The molecule has 100 valence electrons. The standard InChI is InChI=1S/C15H22BrNS/c1-2-3-4-5-6-7-14(17)12-18-15-10-8-13(16)9-11-15/h2,8-11,14H,1,3-7,12,17H2. The Kier molecular flexibility index (Phi) is 8.47. The van der Waals surface area contributed by atoms with Gasteiger partial charge in [-0.1, -0.05) is 34.8 Å². The minimum absolute atomic E-state index is 0.308. The van der Waals surface area contributed by atoms with Gasteiger partial charge in [0, 0.05) is 21.2 Å². The van der Waals surface area contributed by atoms with Crippen molar-refractivity contribution < 1.29 is 0 Å². The van der Waals surface area contributed by atoms with Crippen molar-refractivity contribution in [3.63, 3.8) is 0 Å². The van der Waals surface area contributed by atoms with Gasteiger partial charge < -0.3 is 5.73 Å². The van der Waals surface area contributed by atoms with Crippen molar-refractivity contribution in [2.24, 2.45) is 5.73 Å². The molecule has 0 fully saturated rings. The fourth-order valence-electron chi connectivity index (χ4n) is 1.69. The lowest BCUT2D eigenvalue weighted by Gasteiger charge is -2.10. The minimum Gasteiger partial charge on any atom is -0.327 e. The molecule has 1 aromatic rings. The van der Waals surface area contributed by atoms with Gasteiger partial charge in [-0.05, 0) is 43.5 Å². The first-order chi connectivity index (χ1) is 8.72. The highest BCUT2D eigenvalue weighted by Gasteiger charge is 2.03. The molecule has 0 aliphatic heterocycles. The fraction of sp³-hybridized carbons (Fsp3) is 0.467. The Balaban J connectivity index is 2.11. The molecule has 3 heteroatoms. The third kappa shape index (κ3) is 7.24. The first-order valence-corrected chi connectivity index (χ1v) is 8.25. The number of halogens is 1. The van der Waals surface area contributed by atoms with Crippen LogP contribution < -0.4 is 5.73 Å². The molecule has 0 saturated heterocycles. The van der Waals surface area contributed by atoms with E-state index in [0.29, 0.717) is 6.04 Å². The number of benzene rings is 1. The molecule has 0 aromatic heterocycles. The van der Waals surface area contributed by atoms with E-state index in [0.717, 1.165) is 23.1 Å². The molecule has 0 aliphatic rings. The second-order valence-electron chi connectivity index (χ2n) is 4.45. The number of rotatable bonds is 9. The third-order valence-corrected chi connectivity index (χ3v) is 4.49. The van der Waals surface area contributed by atoms with Crippen LogP contribution in [0.2, 0.25) is 0 Å². The maximum absolute atomic E-state index is 6.12. The highest BCUT2D eigenvalue weighted by molar-refractivity contribution is 9.10. The first-order valence-electron chi connectivity index (χ1n) is 6.47. The van der Waals surface area contributed by atoms with Gasteiger partial charge in [-0.3, -0.25) is 0 Å². The Hall–Kier alpha value is -0.250. The van der Waals surface area contributed by atoms with Crippen LogP contribution in [0.25, 0.3) is 0 Å². The Bertz CT molecular complexity index is 337. The van der Waals surface area contributed by atoms with Gasteiger partial charge in [-0.15, -0.1) is 18.3 Å². The molecule has 0 heterocycles. The molecule has 1 aromatic carbocycles. The summed E-state index contributed by atoms with van der Waals surface area (Å²) < 4.78 is 1.12. The number of hydrogen-bond donors (Lipinski definition) is 1. The van der Waals surface area contributed by atoms with Gasteiger partial charge in [-0.25, -0.2) is 0 Å². The summed E-state index contributed by atoms with van der Waals surface area (Å²) in [5.74, 6) is 1.00. The van der Waals surface area contributed by atoms with Crippen LogP contribution >= 0.6 is 27.7 Å². The monoisotopic (exact) mass is 327 g/mol. The molecule has 0 saturated carbocycles. The van der Waals surface area contributed by atoms with E-state index >= 15 is 0 Å². The Labute approximate surface area is 123 Å². The summed E-state index contributed by atoms with van der Waals surface area (Å²) >= 11 is 5.28. The Morgan fingerprint density at radius 1 is 1.22 bits per heavy atom. The van der Waals surface area contributed by atoms with E-state index in [2.05, 4.69) is 46.8 Å². The Morgan fingerprint density at radius 2 is 1.94 bits per heavy atom. The molecule has 0 spiro atoms. The predicted molar refractivity (Wildman–Crippen MR) is 86.1 cm³/mol. The largest absolute Gasteiger partial charge is 0.327 e. The fourth-order valence-corrected chi connectivity index (χ4v) is 2.86. The van der Waals surface area contributed by atoms with Crippen molar-refractivity contribution in [1.29, 1.82) is 0 Å². The van der Waals surface area contributed by atoms with Crippen molar-refractivity contribution in [3.8, 4) is 0 Å². The molecule has 18 heavy (non-hydrogen) atoms. The lowest BCUT2D eigenvalue weighted by atomic mass is 10.1. The van der Waals surface area contributed by atoms with Gasteiger partial charge in [-0.2, -0.15) is 0 Å². The van der Waals surface area contributed by atoms with Gasteiger partial charge in [0.05, 0.1) is 0 Å². The van der Waals surface area contributed by atoms with Crippen LogP contribution in [0.5, 0.6) is 0 Å². The van der Waals surface area contributed by atoms with Crippen LogP contribution in [-0.4, -0.2) is 11.8 Å². The molecular formula is C15H22BrNS. The number of allylic oxidation sites excluding steroid dienone is 1. The van der Waals surface area contributed by atoms with Crippen molar-refractivity contribution >= 4 is 27.7 Å². The lowest BCUT2D eigenvalue weighted by molar-refractivity contribution is 0.587. The van der Waals surface area contributed by atoms with Crippen LogP contribution in [0.4, 0.5) is 0 Å². The first kappa shape index (κ1) is 15.8. The number of nitrogens with two attached hydrogens (primary N) is 1. The van der Waals surface area contributed by atoms with Crippen molar-refractivity contribution in [2.45, 2.75) is 43.0 Å². The summed E-state index contributed by atoms with van der Waals surface area (Å²) in [6.45, 7) is 3.73. The predicted octanol–water partition coefficient (Wildman–Crippen LogP) is 5.01. The summed E-state index contributed by atoms with van der Waals surface area (Å²) in [6.07, 6.45) is 7.99. The zero-order valence-corrected chi connectivity index (χ0v) is 13.2. The van der Waals surface area contributed by atoms with E-state index in [4.69, 9.17) is 5.73 Å².